The predicted molar refractivity (Wildman–Crippen MR) is 61.9 cm³/mol. The Hall–Kier alpha value is -0.130. The molecule has 78 valence electrons. The molecule has 1 aromatic rings. The fourth-order valence-corrected chi connectivity index (χ4v) is 3.05. The number of anilines is 1. The minimum Gasteiger partial charge on any atom is -0.388 e. The van der Waals surface area contributed by atoms with Crippen molar-refractivity contribution in [2.24, 2.45) is 0 Å². The Kier molecular flexibility index (Phi) is 2.81. The number of nitrogens with zero attached hydrogens (tertiary/aromatic N) is 2. The van der Waals surface area contributed by atoms with E-state index in [1.165, 1.54) is 0 Å². The monoisotopic (exact) mass is 276 g/mol. The van der Waals surface area contributed by atoms with Crippen molar-refractivity contribution in [3.05, 3.63) is 9.98 Å². The van der Waals surface area contributed by atoms with E-state index in [4.69, 9.17) is 0 Å². The third-order valence-corrected chi connectivity index (χ3v) is 4.02. The van der Waals surface area contributed by atoms with Gasteiger partial charge in [0.1, 0.15) is 4.60 Å². The van der Waals surface area contributed by atoms with Gasteiger partial charge in [0.25, 0.3) is 0 Å². The molecule has 0 aliphatic carbocycles. The van der Waals surface area contributed by atoms with E-state index in [9.17, 15) is 5.11 Å². The molecule has 5 heteroatoms. The van der Waals surface area contributed by atoms with Gasteiger partial charge in [-0.25, -0.2) is 4.98 Å². The van der Waals surface area contributed by atoms with Crippen molar-refractivity contribution < 1.29 is 5.11 Å². The summed E-state index contributed by atoms with van der Waals surface area (Å²) in [6.45, 7) is 3.57. The zero-order valence-electron chi connectivity index (χ0n) is 8.03. The topological polar surface area (TPSA) is 36.4 Å². The molecule has 1 N–H and O–H groups in total. The van der Waals surface area contributed by atoms with Gasteiger partial charge in [-0.3, -0.25) is 0 Å². The lowest BCUT2D eigenvalue weighted by Gasteiger charge is -2.36. The second-order valence-corrected chi connectivity index (χ2v) is 5.62. The molecule has 2 rings (SSSR count). The van der Waals surface area contributed by atoms with Crippen LogP contribution in [-0.4, -0.2) is 28.8 Å². The maximum absolute atomic E-state index is 9.94. The van der Waals surface area contributed by atoms with Crippen molar-refractivity contribution in [2.75, 3.05) is 18.0 Å². The minimum atomic E-state index is -0.559. The zero-order valence-corrected chi connectivity index (χ0v) is 10.4. The molecule has 1 atom stereocenters. The number of piperidine rings is 1. The molecular weight excluding hydrogens is 264 g/mol. The van der Waals surface area contributed by atoms with Crippen LogP contribution >= 0.6 is 27.3 Å². The van der Waals surface area contributed by atoms with Gasteiger partial charge in [-0.2, -0.15) is 0 Å². The Bertz CT molecular complexity index is 326. The number of aromatic nitrogens is 1. The quantitative estimate of drug-likeness (QED) is 0.855. The first kappa shape index (κ1) is 10.4. The van der Waals surface area contributed by atoms with Crippen LogP contribution in [0.3, 0.4) is 0 Å². The van der Waals surface area contributed by atoms with E-state index in [-0.39, 0.29) is 0 Å². The van der Waals surface area contributed by atoms with Gasteiger partial charge in [-0.05, 0) is 35.7 Å². The van der Waals surface area contributed by atoms with Gasteiger partial charge in [0.05, 0.1) is 5.60 Å². The Morgan fingerprint density at radius 3 is 3.07 bits per heavy atom. The van der Waals surface area contributed by atoms with Crippen LogP contribution in [0.2, 0.25) is 0 Å². The number of thiazole rings is 1. The molecule has 0 spiro atoms. The molecule has 1 aliphatic heterocycles. The summed E-state index contributed by atoms with van der Waals surface area (Å²) < 4.78 is 0.878. The van der Waals surface area contributed by atoms with Gasteiger partial charge >= 0.3 is 0 Å². The molecule has 1 aromatic heterocycles. The van der Waals surface area contributed by atoms with Gasteiger partial charge in [-0.1, -0.05) is 0 Å². The van der Waals surface area contributed by atoms with E-state index in [0.29, 0.717) is 6.54 Å². The van der Waals surface area contributed by atoms with Gasteiger partial charge in [0, 0.05) is 18.5 Å². The minimum absolute atomic E-state index is 0.559. The molecule has 14 heavy (non-hydrogen) atoms. The molecule has 1 aliphatic rings. The van der Waals surface area contributed by atoms with Gasteiger partial charge < -0.3 is 10.0 Å². The smallest absolute Gasteiger partial charge is 0.186 e. The van der Waals surface area contributed by atoms with Gasteiger partial charge in [0.2, 0.25) is 0 Å². The summed E-state index contributed by atoms with van der Waals surface area (Å²) >= 11 is 4.95. The summed E-state index contributed by atoms with van der Waals surface area (Å²) in [5.74, 6) is 0. The summed E-state index contributed by atoms with van der Waals surface area (Å²) in [7, 11) is 0. The van der Waals surface area contributed by atoms with Crippen LogP contribution in [0.4, 0.5) is 5.13 Å². The van der Waals surface area contributed by atoms with Crippen molar-refractivity contribution in [1.82, 2.24) is 4.98 Å². The number of halogens is 1. The van der Waals surface area contributed by atoms with Crippen LogP contribution < -0.4 is 4.90 Å². The highest BCUT2D eigenvalue weighted by molar-refractivity contribution is 9.10. The Balaban J connectivity index is 2.12. The number of β-amino-alcohol motifs (C(OH)–C–C–N with tert-alkyl or cyclic N) is 1. The third kappa shape index (κ3) is 2.27. The number of hydrogen-bond acceptors (Lipinski definition) is 4. The van der Waals surface area contributed by atoms with Crippen LogP contribution in [0.5, 0.6) is 0 Å². The second kappa shape index (κ2) is 3.79. The largest absolute Gasteiger partial charge is 0.388 e. The van der Waals surface area contributed by atoms with Crippen LogP contribution in [-0.2, 0) is 0 Å². The molecule has 3 nitrogen and oxygen atoms in total. The lowest BCUT2D eigenvalue weighted by atomic mass is 9.96. The van der Waals surface area contributed by atoms with Crippen molar-refractivity contribution in [3.8, 4) is 0 Å². The fraction of sp³-hybridized carbons (Fsp3) is 0.667. The number of rotatable bonds is 1. The van der Waals surface area contributed by atoms with Crippen molar-refractivity contribution in [3.63, 3.8) is 0 Å². The van der Waals surface area contributed by atoms with Gasteiger partial charge in [0.15, 0.2) is 5.13 Å². The average Bonchev–Trinajstić information content (AvgIpc) is 2.50. The molecule has 0 amide bonds. The first-order valence-corrected chi connectivity index (χ1v) is 6.32. The first-order chi connectivity index (χ1) is 6.57. The van der Waals surface area contributed by atoms with Crippen molar-refractivity contribution >= 4 is 32.4 Å². The summed E-state index contributed by atoms with van der Waals surface area (Å²) in [5, 5.41) is 12.9. The van der Waals surface area contributed by atoms with Crippen LogP contribution in [0.1, 0.15) is 19.8 Å². The number of aliphatic hydroxyl groups is 1. The third-order valence-electron chi connectivity index (χ3n) is 2.41. The molecule has 1 saturated heterocycles. The lowest BCUT2D eigenvalue weighted by Crippen LogP contribution is -2.46. The molecule has 2 heterocycles. The summed E-state index contributed by atoms with van der Waals surface area (Å²) in [6.07, 6.45) is 1.92. The number of hydrogen-bond donors (Lipinski definition) is 1. The highest BCUT2D eigenvalue weighted by Gasteiger charge is 2.29. The Morgan fingerprint density at radius 1 is 1.71 bits per heavy atom. The van der Waals surface area contributed by atoms with E-state index in [1.807, 2.05) is 12.3 Å². The molecule has 0 bridgehead atoms. The molecule has 1 fully saturated rings. The van der Waals surface area contributed by atoms with E-state index >= 15 is 0 Å². The SMILES string of the molecule is CC1(O)CCCN(c2nc(Br)cs2)C1. The van der Waals surface area contributed by atoms with Crippen LogP contribution in [0.25, 0.3) is 0 Å². The van der Waals surface area contributed by atoms with Crippen molar-refractivity contribution in [2.45, 2.75) is 25.4 Å². The molecule has 1 unspecified atom stereocenters. The highest BCUT2D eigenvalue weighted by atomic mass is 79.9. The molecule has 0 radical (unpaired) electrons. The van der Waals surface area contributed by atoms with Crippen molar-refractivity contribution in [1.29, 1.82) is 0 Å². The summed E-state index contributed by atoms with van der Waals surface area (Å²) in [6, 6.07) is 0. The summed E-state index contributed by atoms with van der Waals surface area (Å²) in [4.78, 5) is 6.50. The van der Waals surface area contributed by atoms with E-state index in [2.05, 4.69) is 25.8 Å². The zero-order chi connectivity index (χ0) is 10.2. The first-order valence-electron chi connectivity index (χ1n) is 4.65. The van der Waals surface area contributed by atoms with E-state index < -0.39 is 5.60 Å². The average molecular weight is 277 g/mol. The maximum atomic E-state index is 9.94. The molecular formula is C9H13BrN2OS. The Labute approximate surface area is 95.9 Å². The second-order valence-electron chi connectivity index (χ2n) is 3.97. The summed E-state index contributed by atoms with van der Waals surface area (Å²) in [5.41, 5.74) is -0.559. The van der Waals surface area contributed by atoms with Crippen LogP contribution in [0.15, 0.2) is 9.98 Å². The lowest BCUT2D eigenvalue weighted by molar-refractivity contribution is 0.0449. The normalized spacial score (nSPS) is 28.1. The van der Waals surface area contributed by atoms with Gasteiger partial charge in [-0.15, -0.1) is 11.3 Å². The maximum Gasteiger partial charge on any atom is 0.186 e. The fourth-order valence-electron chi connectivity index (χ4n) is 1.77. The Morgan fingerprint density at radius 2 is 2.50 bits per heavy atom. The highest BCUT2D eigenvalue weighted by Crippen LogP contribution is 2.29. The van der Waals surface area contributed by atoms with E-state index in [0.717, 1.165) is 29.1 Å². The predicted octanol–water partition coefficient (Wildman–Crippen LogP) is 2.26. The van der Waals surface area contributed by atoms with Crippen LogP contribution in [0, 0.1) is 0 Å². The molecule has 0 aromatic carbocycles. The molecule has 0 saturated carbocycles. The standard InChI is InChI=1S/C9H13BrN2OS/c1-9(13)3-2-4-12(6-9)8-11-7(10)5-14-8/h5,13H,2-4,6H2,1H3. The van der Waals surface area contributed by atoms with E-state index in [1.54, 1.807) is 11.3 Å².